The highest BCUT2D eigenvalue weighted by Crippen LogP contribution is 2.39. The minimum Gasteiger partial charge on any atom is -0.460 e. The van der Waals surface area contributed by atoms with Crippen molar-refractivity contribution in [3.8, 4) is 0 Å². The fraction of sp³-hybridized carbons (Fsp3) is 0.714. The molecule has 4 atom stereocenters. The highest BCUT2D eigenvalue weighted by atomic mass is 16.6. The van der Waals surface area contributed by atoms with E-state index in [1.165, 1.54) is 0 Å². The Morgan fingerprint density at radius 3 is 2.44 bits per heavy atom. The lowest BCUT2D eigenvalue weighted by molar-refractivity contribution is -0.160. The van der Waals surface area contributed by atoms with Gasteiger partial charge >= 0.3 is 5.97 Å². The molecule has 0 aromatic rings. The van der Waals surface area contributed by atoms with Crippen molar-refractivity contribution in [2.24, 2.45) is 17.8 Å². The predicted molar refractivity (Wildman–Crippen MR) is 67.7 cm³/mol. The SMILES string of the molecule is C=C(C)C(=O)OC1C(C)CC(C(C)C)C1OC=O. The Hall–Kier alpha value is -1.32. The van der Waals surface area contributed by atoms with E-state index in [0.717, 1.165) is 6.42 Å². The average Bonchev–Trinajstić information content (AvgIpc) is 2.58. The van der Waals surface area contributed by atoms with Crippen LogP contribution >= 0.6 is 0 Å². The van der Waals surface area contributed by atoms with Crippen LogP contribution in [0.5, 0.6) is 0 Å². The minimum absolute atomic E-state index is 0.186. The highest BCUT2D eigenvalue weighted by molar-refractivity contribution is 5.87. The molecule has 1 aliphatic rings. The first-order valence-electron chi connectivity index (χ1n) is 6.34. The molecule has 0 aromatic carbocycles. The third kappa shape index (κ3) is 3.12. The first-order chi connectivity index (χ1) is 8.38. The molecular formula is C14H22O4. The Bertz CT molecular complexity index is 335. The second kappa shape index (κ2) is 6.03. The third-order valence-electron chi connectivity index (χ3n) is 3.61. The van der Waals surface area contributed by atoms with E-state index in [2.05, 4.69) is 20.4 Å². The lowest BCUT2D eigenvalue weighted by Gasteiger charge is -2.26. The molecule has 0 saturated heterocycles. The van der Waals surface area contributed by atoms with Gasteiger partial charge < -0.3 is 9.47 Å². The Labute approximate surface area is 108 Å². The van der Waals surface area contributed by atoms with Crippen molar-refractivity contribution in [2.75, 3.05) is 0 Å². The van der Waals surface area contributed by atoms with Gasteiger partial charge in [-0.2, -0.15) is 0 Å². The van der Waals surface area contributed by atoms with Gasteiger partial charge in [0.25, 0.3) is 6.47 Å². The van der Waals surface area contributed by atoms with Gasteiger partial charge in [-0.15, -0.1) is 0 Å². The summed E-state index contributed by atoms with van der Waals surface area (Å²) < 4.78 is 10.6. The molecule has 1 fully saturated rings. The monoisotopic (exact) mass is 254 g/mol. The number of ether oxygens (including phenoxy) is 2. The summed E-state index contributed by atoms with van der Waals surface area (Å²) in [6.07, 6.45) is 0.178. The van der Waals surface area contributed by atoms with Crippen LogP contribution in [-0.4, -0.2) is 24.6 Å². The van der Waals surface area contributed by atoms with E-state index in [0.29, 0.717) is 18.0 Å². The summed E-state index contributed by atoms with van der Waals surface area (Å²) >= 11 is 0. The lowest BCUT2D eigenvalue weighted by atomic mass is 9.92. The molecule has 0 bridgehead atoms. The van der Waals surface area contributed by atoms with E-state index in [1.54, 1.807) is 6.92 Å². The van der Waals surface area contributed by atoms with E-state index in [1.807, 2.05) is 6.92 Å². The summed E-state index contributed by atoms with van der Waals surface area (Å²) in [7, 11) is 0. The summed E-state index contributed by atoms with van der Waals surface area (Å²) in [4.78, 5) is 22.2. The Morgan fingerprint density at radius 2 is 2.00 bits per heavy atom. The van der Waals surface area contributed by atoms with E-state index >= 15 is 0 Å². The second-order valence-electron chi connectivity index (χ2n) is 5.47. The fourth-order valence-electron chi connectivity index (χ4n) is 2.57. The van der Waals surface area contributed by atoms with Crippen LogP contribution in [0.3, 0.4) is 0 Å². The minimum atomic E-state index is -0.421. The van der Waals surface area contributed by atoms with Gasteiger partial charge in [-0.25, -0.2) is 4.79 Å². The third-order valence-corrected chi connectivity index (χ3v) is 3.61. The molecule has 1 rings (SSSR count). The zero-order chi connectivity index (χ0) is 13.9. The number of hydrogen-bond donors (Lipinski definition) is 0. The maximum absolute atomic E-state index is 11.6. The average molecular weight is 254 g/mol. The Morgan fingerprint density at radius 1 is 1.39 bits per heavy atom. The van der Waals surface area contributed by atoms with Crippen molar-refractivity contribution in [3.05, 3.63) is 12.2 Å². The van der Waals surface area contributed by atoms with Crippen LogP contribution in [0, 0.1) is 17.8 Å². The van der Waals surface area contributed by atoms with Crippen LogP contribution in [0.2, 0.25) is 0 Å². The predicted octanol–water partition coefficient (Wildman–Crippen LogP) is 2.33. The summed E-state index contributed by atoms with van der Waals surface area (Å²) in [5.74, 6) is 0.375. The molecule has 0 aliphatic heterocycles. The van der Waals surface area contributed by atoms with E-state index in [-0.39, 0.29) is 24.0 Å². The molecule has 0 heterocycles. The van der Waals surface area contributed by atoms with Gasteiger partial charge in [-0.1, -0.05) is 27.4 Å². The lowest BCUT2D eigenvalue weighted by Crippen LogP contribution is -2.36. The largest absolute Gasteiger partial charge is 0.460 e. The van der Waals surface area contributed by atoms with Gasteiger partial charge in [-0.3, -0.25) is 4.79 Å². The molecule has 4 unspecified atom stereocenters. The molecule has 0 spiro atoms. The zero-order valence-electron chi connectivity index (χ0n) is 11.5. The number of hydrogen-bond acceptors (Lipinski definition) is 4. The maximum Gasteiger partial charge on any atom is 0.333 e. The van der Waals surface area contributed by atoms with Crippen molar-refractivity contribution in [3.63, 3.8) is 0 Å². The van der Waals surface area contributed by atoms with Gasteiger partial charge in [0.1, 0.15) is 12.2 Å². The van der Waals surface area contributed by atoms with Crippen LogP contribution in [0.25, 0.3) is 0 Å². The summed E-state index contributed by atoms with van der Waals surface area (Å²) in [5.41, 5.74) is 0.361. The molecule has 0 radical (unpaired) electrons. The van der Waals surface area contributed by atoms with Crippen molar-refractivity contribution in [1.29, 1.82) is 0 Å². The van der Waals surface area contributed by atoms with Gasteiger partial charge in [0.05, 0.1) is 0 Å². The van der Waals surface area contributed by atoms with Crippen LogP contribution in [0.15, 0.2) is 12.2 Å². The van der Waals surface area contributed by atoms with E-state index in [9.17, 15) is 9.59 Å². The number of esters is 1. The molecular weight excluding hydrogens is 232 g/mol. The quantitative estimate of drug-likeness (QED) is 0.429. The normalized spacial score (nSPS) is 31.2. The molecule has 18 heavy (non-hydrogen) atoms. The Kier molecular flexibility index (Phi) is 4.93. The number of carbonyl (C=O) groups is 2. The van der Waals surface area contributed by atoms with Crippen LogP contribution in [-0.2, 0) is 19.1 Å². The number of rotatable bonds is 5. The molecule has 102 valence electrons. The maximum atomic E-state index is 11.6. The molecule has 4 nitrogen and oxygen atoms in total. The Balaban J connectivity index is 2.83. The van der Waals surface area contributed by atoms with Crippen molar-refractivity contribution in [2.45, 2.75) is 46.3 Å². The van der Waals surface area contributed by atoms with Gasteiger partial charge in [0, 0.05) is 11.5 Å². The zero-order valence-corrected chi connectivity index (χ0v) is 11.5. The van der Waals surface area contributed by atoms with Gasteiger partial charge in [-0.05, 0) is 25.2 Å². The smallest absolute Gasteiger partial charge is 0.333 e. The van der Waals surface area contributed by atoms with Crippen LogP contribution < -0.4 is 0 Å². The molecule has 1 aliphatic carbocycles. The molecule has 0 aromatic heterocycles. The first-order valence-corrected chi connectivity index (χ1v) is 6.34. The topological polar surface area (TPSA) is 52.6 Å². The number of carbonyl (C=O) groups excluding carboxylic acids is 2. The first kappa shape index (κ1) is 14.7. The summed E-state index contributed by atoms with van der Waals surface area (Å²) in [6.45, 7) is 11.8. The van der Waals surface area contributed by atoms with Crippen molar-refractivity contribution >= 4 is 12.4 Å². The molecule has 0 N–H and O–H groups in total. The summed E-state index contributed by atoms with van der Waals surface area (Å²) in [5, 5.41) is 0. The van der Waals surface area contributed by atoms with Crippen LogP contribution in [0.4, 0.5) is 0 Å². The second-order valence-corrected chi connectivity index (χ2v) is 5.47. The standard InChI is InChI=1S/C14H22O4/c1-8(2)11-6-10(5)12(13(11)17-7-15)18-14(16)9(3)4/h7-8,10-13H,3,6H2,1-2,4-5H3. The molecule has 1 saturated carbocycles. The highest BCUT2D eigenvalue weighted by Gasteiger charge is 2.46. The van der Waals surface area contributed by atoms with Gasteiger partial charge in [0.2, 0.25) is 0 Å². The van der Waals surface area contributed by atoms with Crippen molar-refractivity contribution < 1.29 is 19.1 Å². The van der Waals surface area contributed by atoms with Gasteiger partial charge in [0.15, 0.2) is 0 Å². The van der Waals surface area contributed by atoms with E-state index < -0.39 is 5.97 Å². The van der Waals surface area contributed by atoms with Crippen LogP contribution in [0.1, 0.15) is 34.1 Å². The van der Waals surface area contributed by atoms with Crippen molar-refractivity contribution in [1.82, 2.24) is 0 Å². The van der Waals surface area contributed by atoms with E-state index in [4.69, 9.17) is 9.47 Å². The fourth-order valence-corrected chi connectivity index (χ4v) is 2.57. The molecule has 0 amide bonds. The molecule has 4 heteroatoms. The summed E-state index contributed by atoms with van der Waals surface area (Å²) in [6, 6.07) is 0.